The van der Waals surface area contributed by atoms with Gasteiger partial charge in [0.15, 0.2) is 11.5 Å². The van der Waals surface area contributed by atoms with Crippen molar-refractivity contribution in [2.45, 2.75) is 19.4 Å². The first kappa shape index (κ1) is 21.5. The number of hydrogen-bond acceptors (Lipinski definition) is 4. The smallest absolute Gasteiger partial charge is 0.290 e. The Morgan fingerprint density at radius 2 is 1.77 bits per heavy atom. The van der Waals surface area contributed by atoms with Crippen LogP contribution in [0.2, 0.25) is 0 Å². The number of aliphatic hydroxyl groups excluding tert-OH is 1. The minimum Gasteiger partial charge on any atom is -0.503 e. The molecule has 1 amide bonds. The molecule has 2 aromatic carbocycles. The maximum absolute atomic E-state index is 13.1. The number of carbonyl (C=O) groups is 2. The van der Waals surface area contributed by atoms with E-state index in [1.54, 1.807) is 11.0 Å². The van der Waals surface area contributed by atoms with Gasteiger partial charge in [0.25, 0.3) is 5.91 Å². The third kappa shape index (κ3) is 4.69. The zero-order valence-corrected chi connectivity index (χ0v) is 17.7. The number of amides is 1. The number of rotatable bonds is 8. The van der Waals surface area contributed by atoms with Gasteiger partial charge in [-0.1, -0.05) is 67.6 Å². The van der Waals surface area contributed by atoms with Gasteiger partial charge in [0.1, 0.15) is 0 Å². The van der Waals surface area contributed by atoms with Crippen molar-refractivity contribution < 1.29 is 14.7 Å². The largest absolute Gasteiger partial charge is 0.503 e. The van der Waals surface area contributed by atoms with Crippen molar-refractivity contribution in [1.29, 1.82) is 0 Å². The highest BCUT2D eigenvalue weighted by molar-refractivity contribution is 6.14. The Hall–Kier alpha value is -3.18. The lowest BCUT2D eigenvalue weighted by Crippen LogP contribution is -2.36. The predicted molar refractivity (Wildman–Crippen MR) is 119 cm³/mol. The third-order valence-corrected chi connectivity index (χ3v) is 5.29. The molecule has 5 heteroatoms. The van der Waals surface area contributed by atoms with Crippen molar-refractivity contribution in [2.75, 3.05) is 27.2 Å². The highest BCUT2D eigenvalue weighted by Gasteiger charge is 2.42. The summed E-state index contributed by atoms with van der Waals surface area (Å²) in [4.78, 5) is 29.5. The monoisotopic (exact) mass is 404 g/mol. The van der Waals surface area contributed by atoms with Gasteiger partial charge in [-0.15, -0.1) is 0 Å². The van der Waals surface area contributed by atoms with Crippen LogP contribution in [0.25, 0.3) is 6.08 Å². The lowest BCUT2D eigenvalue weighted by Gasteiger charge is -2.28. The van der Waals surface area contributed by atoms with Gasteiger partial charge in [-0.2, -0.15) is 0 Å². The highest BCUT2D eigenvalue weighted by atomic mass is 16.3. The lowest BCUT2D eigenvalue weighted by atomic mass is 9.94. The van der Waals surface area contributed by atoms with Crippen molar-refractivity contribution in [2.24, 2.45) is 0 Å². The zero-order chi connectivity index (χ0) is 21.7. The van der Waals surface area contributed by atoms with Crippen molar-refractivity contribution >= 4 is 17.8 Å². The molecule has 1 N–H and O–H groups in total. The SMILES string of the molecule is CCc1ccc(C2C(C(=O)C=Cc3ccccc3)=C(O)C(=O)N2CCN(C)C)cc1. The van der Waals surface area contributed by atoms with Gasteiger partial charge in [0, 0.05) is 13.1 Å². The summed E-state index contributed by atoms with van der Waals surface area (Å²) in [6.45, 7) is 3.12. The van der Waals surface area contributed by atoms with Crippen LogP contribution in [0.5, 0.6) is 0 Å². The second-order valence-electron chi connectivity index (χ2n) is 7.67. The second-order valence-corrected chi connectivity index (χ2v) is 7.67. The molecule has 0 aromatic heterocycles. The number of benzene rings is 2. The molecule has 0 radical (unpaired) electrons. The molecule has 30 heavy (non-hydrogen) atoms. The lowest BCUT2D eigenvalue weighted by molar-refractivity contribution is -0.129. The molecule has 2 aromatic rings. The summed E-state index contributed by atoms with van der Waals surface area (Å²) in [5, 5.41) is 10.6. The Balaban J connectivity index is 1.97. The Kier molecular flexibility index (Phi) is 6.85. The van der Waals surface area contributed by atoms with E-state index >= 15 is 0 Å². The molecular weight excluding hydrogens is 376 g/mol. The van der Waals surface area contributed by atoms with Gasteiger partial charge < -0.3 is 14.9 Å². The van der Waals surface area contributed by atoms with Crippen molar-refractivity contribution in [1.82, 2.24) is 9.80 Å². The first-order valence-electron chi connectivity index (χ1n) is 10.2. The van der Waals surface area contributed by atoms with E-state index in [2.05, 4.69) is 6.92 Å². The standard InChI is InChI=1S/C25H28N2O3/c1-4-18-10-13-20(14-11-18)23-22(21(28)15-12-19-8-6-5-7-9-19)24(29)25(30)27(23)17-16-26(2)3/h5-15,23,29H,4,16-17H2,1-3H3. The summed E-state index contributed by atoms with van der Waals surface area (Å²) in [5.74, 6) is -1.32. The zero-order valence-electron chi connectivity index (χ0n) is 17.7. The summed E-state index contributed by atoms with van der Waals surface area (Å²) >= 11 is 0. The minimum absolute atomic E-state index is 0.134. The molecule has 156 valence electrons. The number of aliphatic hydroxyl groups is 1. The van der Waals surface area contributed by atoms with E-state index in [-0.39, 0.29) is 11.4 Å². The molecule has 3 rings (SSSR count). The molecule has 0 spiro atoms. The maximum atomic E-state index is 13.1. The summed E-state index contributed by atoms with van der Waals surface area (Å²) in [5.41, 5.74) is 3.01. The Labute approximate surface area is 177 Å². The summed E-state index contributed by atoms with van der Waals surface area (Å²) < 4.78 is 0. The Bertz CT molecular complexity index is 960. The van der Waals surface area contributed by atoms with Crippen LogP contribution >= 0.6 is 0 Å². The van der Waals surface area contributed by atoms with Crippen LogP contribution in [-0.2, 0) is 16.0 Å². The molecule has 5 nitrogen and oxygen atoms in total. The van der Waals surface area contributed by atoms with E-state index in [0.717, 1.165) is 17.5 Å². The molecule has 0 bridgehead atoms. The topological polar surface area (TPSA) is 60.9 Å². The molecule has 0 fully saturated rings. The second kappa shape index (κ2) is 9.55. The molecule has 1 aliphatic heterocycles. The average molecular weight is 405 g/mol. The highest BCUT2D eigenvalue weighted by Crippen LogP contribution is 2.38. The van der Waals surface area contributed by atoms with E-state index < -0.39 is 17.7 Å². The number of ketones is 1. The van der Waals surface area contributed by atoms with Crippen LogP contribution in [0.15, 0.2) is 72.0 Å². The molecule has 0 saturated heterocycles. The van der Waals surface area contributed by atoms with Crippen LogP contribution in [-0.4, -0.2) is 53.8 Å². The van der Waals surface area contributed by atoms with E-state index in [4.69, 9.17) is 0 Å². The van der Waals surface area contributed by atoms with Crippen molar-refractivity contribution in [3.8, 4) is 0 Å². The number of hydrogen-bond donors (Lipinski definition) is 1. The van der Waals surface area contributed by atoms with Crippen LogP contribution in [0.4, 0.5) is 0 Å². The average Bonchev–Trinajstić information content (AvgIpc) is 3.01. The van der Waals surface area contributed by atoms with Gasteiger partial charge in [-0.05, 0) is 43.3 Å². The first-order chi connectivity index (χ1) is 14.4. The fourth-order valence-electron chi connectivity index (χ4n) is 3.55. The van der Waals surface area contributed by atoms with Crippen LogP contribution in [0.3, 0.4) is 0 Å². The van der Waals surface area contributed by atoms with Crippen LogP contribution in [0, 0.1) is 0 Å². The van der Waals surface area contributed by atoms with Gasteiger partial charge >= 0.3 is 0 Å². The Morgan fingerprint density at radius 3 is 2.37 bits per heavy atom. The summed E-state index contributed by atoms with van der Waals surface area (Å²) in [6.07, 6.45) is 4.03. The molecule has 1 aliphatic rings. The minimum atomic E-state index is -0.601. The fourth-order valence-corrected chi connectivity index (χ4v) is 3.55. The van der Waals surface area contributed by atoms with Crippen molar-refractivity contribution in [3.05, 3.63) is 88.7 Å². The molecule has 1 unspecified atom stereocenters. The fraction of sp³-hybridized carbons (Fsp3) is 0.280. The number of likely N-dealkylation sites (N-methyl/N-ethyl adjacent to an activating group) is 1. The predicted octanol–water partition coefficient (Wildman–Crippen LogP) is 3.79. The van der Waals surface area contributed by atoms with Gasteiger partial charge in [0.05, 0.1) is 11.6 Å². The number of aryl methyl sites for hydroxylation is 1. The van der Waals surface area contributed by atoms with Crippen LogP contribution in [0.1, 0.15) is 29.7 Å². The summed E-state index contributed by atoms with van der Waals surface area (Å²) in [6, 6.07) is 16.7. The van der Waals surface area contributed by atoms with Crippen molar-refractivity contribution in [3.63, 3.8) is 0 Å². The van der Waals surface area contributed by atoms with E-state index in [0.29, 0.717) is 13.1 Å². The summed E-state index contributed by atoms with van der Waals surface area (Å²) in [7, 11) is 3.85. The quantitative estimate of drug-likeness (QED) is 0.680. The number of carbonyl (C=O) groups excluding carboxylic acids is 2. The molecule has 1 atom stereocenters. The number of allylic oxidation sites excluding steroid dienone is 1. The van der Waals surface area contributed by atoms with Gasteiger partial charge in [-0.3, -0.25) is 9.59 Å². The third-order valence-electron chi connectivity index (χ3n) is 5.29. The Morgan fingerprint density at radius 1 is 1.10 bits per heavy atom. The van der Waals surface area contributed by atoms with Gasteiger partial charge in [0.2, 0.25) is 0 Å². The maximum Gasteiger partial charge on any atom is 0.290 e. The number of nitrogens with zero attached hydrogens (tertiary/aromatic N) is 2. The van der Waals surface area contributed by atoms with Crippen LogP contribution < -0.4 is 0 Å². The molecule has 1 heterocycles. The normalized spacial score (nSPS) is 16.9. The molecule has 0 aliphatic carbocycles. The molecular formula is C25H28N2O3. The molecule has 0 saturated carbocycles. The van der Waals surface area contributed by atoms with E-state index in [9.17, 15) is 14.7 Å². The van der Waals surface area contributed by atoms with Gasteiger partial charge in [-0.25, -0.2) is 0 Å². The first-order valence-corrected chi connectivity index (χ1v) is 10.2. The van der Waals surface area contributed by atoms with E-state index in [1.807, 2.05) is 73.6 Å². The van der Waals surface area contributed by atoms with E-state index in [1.165, 1.54) is 11.6 Å².